The summed E-state index contributed by atoms with van der Waals surface area (Å²) in [6, 6.07) is 0. The molecule has 0 aromatic carbocycles. The molecule has 4 fully saturated rings. The van der Waals surface area contributed by atoms with Crippen LogP contribution >= 0.6 is 0 Å². The van der Waals surface area contributed by atoms with Gasteiger partial charge < -0.3 is 78.4 Å². The van der Waals surface area contributed by atoms with Crippen LogP contribution in [-0.2, 0) is 65.3 Å². The van der Waals surface area contributed by atoms with Gasteiger partial charge in [0.1, 0.15) is 0 Å². The topological polar surface area (TPSA) is 71.1 Å². The molecule has 0 aromatic rings. The summed E-state index contributed by atoms with van der Waals surface area (Å²) in [5, 5.41) is 0. The van der Waals surface area contributed by atoms with Crippen molar-refractivity contribution in [3.05, 3.63) is 59.4 Å². The molecule has 0 aliphatic carbocycles. The molecule has 0 radical (unpaired) electrons. The summed E-state index contributed by atoms with van der Waals surface area (Å²) in [5.74, 6) is 0. The molecule has 4 heterocycles. The molecule has 4 saturated heterocycles. The summed E-state index contributed by atoms with van der Waals surface area (Å²) >= 11 is 0.667. The summed E-state index contributed by atoms with van der Waals surface area (Å²) in [6.07, 6.45) is 10.2. The van der Waals surface area contributed by atoms with Crippen LogP contribution in [0.4, 0.5) is 0 Å². The fourth-order valence-corrected chi connectivity index (χ4v) is 2.04. The molecule has 0 unspecified atom stereocenters. The first-order valence-corrected chi connectivity index (χ1v) is 11.0. The van der Waals surface area contributed by atoms with Gasteiger partial charge in [0.05, 0.1) is 0 Å². The summed E-state index contributed by atoms with van der Waals surface area (Å²) in [7, 11) is 0. The molecular weight excluding hydrogens is 776 g/mol. The standard InChI is InChI=1S/4C4H8O.8CH3.Mg.2O.2W/c4*1-2-4-5-3-1;;;;;;;;;;;;;/h4*1-4H2;8*1H3;;;;;/q;;;;8*-1;+2;;;2*-1. The van der Waals surface area contributed by atoms with E-state index in [9.17, 15) is 0 Å². The van der Waals surface area contributed by atoms with Crippen molar-refractivity contribution in [2.45, 2.75) is 51.4 Å². The molecule has 0 bridgehead atoms. The van der Waals surface area contributed by atoms with E-state index in [1.807, 2.05) is 0 Å². The van der Waals surface area contributed by atoms with Crippen molar-refractivity contribution < 1.29 is 65.3 Å². The Bertz CT molecular complexity index is 147. The molecule has 0 N–H and O–H groups in total. The maximum absolute atomic E-state index is 8.33. The van der Waals surface area contributed by atoms with Crippen molar-refractivity contribution in [1.29, 1.82) is 0 Å². The first kappa shape index (κ1) is 70.1. The van der Waals surface area contributed by atoms with E-state index >= 15 is 0 Å². The molecule has 0 atom stereocenters. The molecule has 0 spiro atoms. The summed E-state index contributed by atoms with van der Waals surface area (Å²) in [4.78, 5) is 0. The van der Waals surface area contributed by atoms with E-state index in [-0.39, 0.29) is 82.5 Å². The molecule has 9 heteroatoms. The quantitative estimate of drug-likeness (QED) is 0.215. The van der Waals surface area contributed by atoms with Gasteiger partial charge in [0.25, 0.3) is 0 Å². The van der Waals surface area contributed by atoms with Gasteiger partial charge in [0, 0.05) is 52.9 Å². The Morgan fingerprint density at radius 2 is 0.394 bits per heavy atom. The first-order chi connectivity index (χ1) is 12.0. The van der Waals surface area contributed by atoms with Gasteiger partial charge in [-0.15, -0.1) is 0 Å². The Hall–Kier alpha value is 1.58. The third kappa shape index (κ3) is 71.9. The monoisotopic (exact) mass is 832 g/mol. The first-order valence-electron chi connectivity index (χ1n) is 8.64. The van der Waals surface area contributed by atoms with Crippen molar-refractivity contribution >= 4 is 23.1 Å². The fraction of sp³-hybridized carbons (Fsp3) is 0.667. The van der Waals surface area contributed by atoms with Gasteiger partial charge in [-0.25, -0.2) is 0 Å². The summed E-state index contributed by atoms with van der Waals surface area (Å²) in [6.45, 7) is 8.00. The Balaban J connectivity index is -0.0000000190. The van der Waals surface area contributed by atoms with Crippen LogP contribution in [0.5, 0.6) is 0 Å². The van der Waals surface area contributed by atoms with Crippen molar-refractivity contribution in [1.82, 2.24) is 0 Å². The minimum absolute atomic E-state index is 0. The minimum atomic E-state index is 0. The molecule has 210 valence electrons. The normalized spacial score (nSPS) is 14.8. The molecule has 6 nitrogen and oxygen atoms in total. The fourth-order valence-electron chi connectivity index (χ4n) is 2.04. The van der Waals surface area contributed by atoms with Crippen molar-refractivity contribution in [2.24, 2.45) is 0 Å². The SMILES string of the molecule is C1CCOC1.C1CCOC1.C1CCOC1.C1CCOC1.[CH3-].[CH3-].[CH3-].[CH3-].[CH3-].[CH3-].[CH3-].[CH3-].[Mg+2].[O]=[W-].[O]=[W-]. The second-order valence-corrected chi connectivity index (χ2v) is 5.28. The summed E-state index contributed by atoms with van der Waals surface area (Å²) < 4.78 is 36.4. The van der Waals surface area contributed by atoms with Crippen LogP contribution in [-0.4, -0.2) is 75.9 Å². The Labute approximate surface area is 250 Å². The van der Waals surface area contributed by atoms with Gasteiger partial charge in [-0.1, -0.05) is 0 Å². The van der Waals surface area contributed by atoms with Crippen molar-refractivity contribution in [3.63, 3.8) is 0 Å². The van der Waals surface area contributed by atoms with Crippen LogP contribution in [0, 0.1) is 59.4 Å². The molecule has 4 aliphatic heterocycles. The van der Waals surface area contributed by atoms with Gasteiger partial charge in [0.2, 0.25) is 0 Å². The number of hydrogen-bond donors (Lipinski definition) is 0. The molecule has 0 saturated carbocycles. The van der Waals surface area contributed by atoms with Gasteiger partial charge in [-0.05, 0) is 51.4 Å². The number of ether oxygens (including phenoxy) is 4. The number of hydrogen-bond acceptors (Lipinski definition) is 6. The predicted octanol–water partition coefficient (Wildman–Crippen LogP) is 6.17. The van der Waals surface area contributed by atoms with Gasteiger partial charge >= 0.3 is 69.4 Å². The molecule has 0 aromatic heterocycles. The van der Waals surface area contributed by atoms with Crippen LogP contribution < -0.4 is 0 Å². The van der Waals surface area contributed by atoms with Gasteiger partial charge in [0.15, 0.2) is 0 Å². The van der Waals surface area contributed by atoms with Crippen molar-refractivity contribution in [3.8, 4) is 0 Å². The zero-order valence-corrected chi connectivity index (χ0v) is 30.6. The van der Waals surface area contributed by atoms with Crippen LogP contribution in [0.25, 0.3) is 0 Å². The van der Waals surface area contributed by atoms with Crippen LogP contribution in [0.15, 0.2) is 0 Å². The van der Waals surface area contributed by atoms with E-state index in [0.29, 0.717) is 39.6 Å². The average molecular weight is 833 g/mol. The number of rotatable bonds is 0. The second-order valence-electron chi connectivity index (χ2n) is 5.28. The Kier molecular flexibility index (Phi) is 163. The summed E-state index contributed by atoms with van der Waals surface area (Å²) in [5.41, 5.74) is 0. The Morgan fingerprint density at radius 1 is 0.303 bits per heavy atom. The van der Waals surface area contributed by atoms with Crippen LogP contribution in [0.2, 0.25) is 0 Å². The van der Waals surface area contributed by atoms with E-state index < -0.39 is 0 Å². The van der Waals surface area contributed by atoms with E-state index in [1.54, 1.807) is 0 Å². The van der Waals surface area contributed by atoms with Gasteiger partial charge in [-0.2, -0.15) is 0 Å². The molecule has 0 amide bonds. The third-order valence-corrected chi connectivity index (χ3v) is 3.31. The molecule has 33 heavy (non-hydrogen) atoms. The van der Waals surface area contributed by atoms with Crippen LogP contribution in [0.1, 0.15) is 51.4 Å². The van der Waals surface area contributed by atoms with Crippen molar-refractivity contribution in [2.75, 3.05) is 52.9 Å². The Morgan fingerprint density at radius 3 is 0.424 bits per heavy atom. The zero-order chi connectivity index (χ0) is 18.1. The third-order valence-electron chi connectivity index (χ3n) is 3.31. The van der Waals surface area contributed by atoms with E-state index in [0.717, 1.165) is 52.9 Å². The predicted molar refractivity (Wildman–Crippen MR) is 139 cm³/mol. The molecule has 4 aliphatic rings. The van der Waals surface area contributed by atoms with Gasteiger partial charge in [-0.3, -0.25) is 0 Å². The maximum atomic E-state index is 8.33. The van der Waals surface area contributed by atoms with Crippen LogP contribution in [0.3, 0.4) is 0 Å². The molecular formula is C24H56MgO6W2-8. The van der Waals surface area contributed by atoms with E-state index in [4.69, 9.17) is 25.7 Å². The zero-order valence-electron chi connectivity index (χ0n) is 23.3. The van der Waals surface area contributed by atoms with E-state index in [1.165, 1.54) is 51.4 Å². The molecule has 4 rings (SSSR count). The average Bonchev–Trinajstić information content (AvgIpc) is 3.48. The van der Waals surface area contributed by atoms with E-state index in [2.05, 4.69) is 0 Å². The second kappa shape index (κ2) is 76.5.